The Balaban J connectivity index is 1.41. The number of nitrogens with zero attached hydrogens (tertiary/aromatic N) is 2. The molecule has 2 aliphatic rings. The van der Waals surface area contributed by atoms with Gasteiger partial charge in [0, 0.05) is 31.2 Å². The maximum absolute atomic E-state index is 13.0. The van der Waals surface area contributed by atoms with Gasteiger partial charge in [-0.3, -0.25) is 9.59 Å². The molecule has 3 heterocycles. The molecule has 0 atom stereocenters. The summed E-state index contributed by atoms with van der Waals surface area (Å²) in [6.45, 7) is 2.50. The number of hydrogen-bond donors (Lipinski definition) is 2. The van der Waals surface area contributed by atoms with E-state index in [-0.39, 0.29) is 22.8 Å². The number of anilines is 1. The predicted octanol–water partition coefficient (Wildman–Crippen LogP) is 1.92. The molecule has 29 heavy (non-hydrogen) atoms. The highest BCUT2D eigenvalue weighted by Crippen LogP contribution is 2.28. The van der Waals surface area contributed by atoms with Crippen LogP contribution in [0.3, 0.4) is 0 Å². The average Bonchev–Trinajstić information content (AvgIpc) is 3.14. The normalized spacial score (nSPS) is 18.2. The number of amides is 2. The van der Waals surface area contributed by atoms with E-state index in [1.807, 2.05) is 0 Å². The summed E-state index contributed by atoms with van der Waals surface area (Å²) >= 11 is 1.30. The lowest BCUT2D eigenvalue weighted by Gasteiger charge is -2.31. The third kappa shape index (κ3) is 4.05. The van der Waals surface area contributed by atoms with E-state index >= 15 is 0 Å². The fraction of sp³-hybridized carbons (Fsp3) is 0.421. The molecule has 1 aromatic heterocycles. The Kier molecular flexibility index (Phi) is 5.41. The fourth-order valence-electron chi connectivity index (χ4n) is 3.68. The summed E-state index contributed by atoms with van der Waals surface area (Å²) in [5, 5.41) is 5.76. The van der Waals surface area contributed by atoms with Gasteiger partial charge in [-0.2, -0.15) is 4.31 Å². The van der Waals surface area contributed by atoms with Crippen LogP contribution in [-0.2, 0) is 21.2 Å². The molecule has 0 unspecified atom stereocenters. The molecule has 0 spiro atoms. The molecule has 2 amide bonds. The van der Waals surface area contributed by atoms with Crippen LogP contribution in [0.4, 0.5) is 5.69 Å². The van der Waals surface area contributed by atoms with E-state index in [1.165, 1.54) is 15.6 Å². The summed E-state index contributed by atoms with van der Waals surface area (Å²) in [5.74, 6) is -0.200. The fourth-order valence-corrected chi connectivity index (χ4v) is 5.91. The van der Waals surface area contributed by atoms with Gasteiger partial charge in [-0.15, -0.1) is 11.3 Å². The SMILES string of the molecule is Cc1ncsc1C(=O)NC1CCN(S(=O)(=O)c2ccc3c(c2)CCC(=O)N3)CC1. The molecule has 0 bridgehead atoms. The molecule has 0 radical (unpaired) electrons. The third-order valence-electron chi connectivity index (χ3n) is 5.35. The summed E-state index contributed by atoms with van der Waals surface area (Å²) in [7, 11) is -3.61. The van der Waals surface area contributed by atoms with Gasteiger partial charge in [0.05, 0.1) is 16.1 Å². The van der Waals surface area contributed by atoms with Gasteiger partial charge in [-0.05, 0) is 49.9 Å². The molecule has 0 saturated carbocycles. The largest absolute Gasteiger partial charge is 0.348 e. The number of nitrogens with one attached hydrogen (secondary N) is 2. The van der Waals surface area contributed by atoms with E-state index in [9.17, 15) is 18.0 Å². The minimum Gasteiger partial charge on any atom is -0.348 e. The molecule has 10 heteroatoms. The summed E-state index contributed by atoms with van der Waals surface area (Å²) < 4.78 is 27.6. The smallest absolute Gasteiger partial charge is 0.263 e. The quantitative estimate of drug-likeness (QED) is 0.764. The third-order valence-corrected chi connectivity index (χ3v) is 8.17. The Morgan fingerprint density at radius 3 is 2.72 bits per heavy atom. The van der Waals surface area contributed by atoms with Gasteiger partial charge in [-0.25, -0.2) is 13.4 Å². The first-order chi connectivity index (χ1) is 13.8. The molecule has 0 aliphatic carbocycles. The maximum atomic E-state index is 13.0. The van der Waals surface area contributed by atoms with Crippen molar-refractivity contribution in [2.75, 3.05) is 18.4 Å². The van der Waals surface area contributed by atoms with Crippen LogP contribution >= 0.6 is 11.3 Å². The van der Waals surface area contributed by atoms with E-state index in [0.717, 1.165) is 5.56 Å². The Morgan fingerprint density at radius 1 is 1.28 bits per heavy atom. The van der Waals surface area contributed by atoms with Crippen molar-refractivity contribution in [1.29, 1.82) is 0 Å². The van der Waals surface area contributed by atoms with Crippen molar-refractivity contribution in [2.45, 2.75) is 43.5 Å². The minimum atomic E-state index is -3.61. The summed E-state index contributed by atoms with van der Waals surface area (Å²) in [4.78, 5) is 28.8. The van der Waals surface area contributed by atoms with Gasteiger partial charge in [0.15, 0.2) is 0 Å². The monoisotopic (exact) mass is 434 g/mol. The topological polar surface area (TPSA) is 108 Å². The van der Waals surface area contributed by atoms with Crippen LogP contribution in [0.2, 0.25) is 0 Å². The molecule has 1 aromatic carbocycles. The van der Waals surface area contributed by atoms with Gasteiger partial charge in [0.1, 0.15) is 4.88 Å². The van der Waals surface area contributed by atoms with E-state index in [1.54, 1.807) is 30.6 Å². The second-order valence-electron chi connectivity index (χ2n) is 7.29. The highest BCUT2D eigenvalue weighted by atomic mass is 32.2. The first-order valence-corrected chi connectivity index (χ1v) is 11.8. The van der Waals surface area contributed by atoms with Crippen LogP contribution in [0.1, 0.15) is 40.2 Å². The second kappa shape index (κ2) is 7.85. The lowest BCUT2D eigenvalue weighted by atomic mass is 10.0. The number of aromatic nitrogens is 1. The summed E-state index contributed by atoms with van der Waals surface area (Å²) in [6.07, 6.45) is 2.02. The van der Waals surface area contributed by atoms with E-state index in [2.05, 4.69) is 15.6 Å². The highest BCUT2D eigenvalue weighted by Gasteiger charge is 2.31. The van der Waals surface area contributed by atoms with Crippen LogP contribution in [0.25, 0.3) is 0 Å². The lowest BCUT2D eigenvalue weighted by Crippen LogP contribution is -2.46. The number of aryl methyl sites for hydroxylation is 2. The van der Waals surface area contributed by atoms with Crippen LogP contribution in [0.5, 0.6) is 0 Å². The predicted molar refractivity (Wildman–Crippen MR) is 109 cm³/mol. The standard InChI is InChI=1S/C19H22N4O4S2/c1-12-18(28-11-20-12)19(25)21-14-6-8-23(9-7-14)29(26,27)15-3-4-16-13(10-15)2-5-17(24)22-16/h3-4,10-11,14H,2,5-9H2,1H3,(H,21,25)(H,22,24). The van der Waals surface area contributed by atoms with Crippen molar-refractivity contribution < 1.29 is 18.0 Å². The number of piperidine rings is 1. The first kappa shape index (κ1) is 20.0. The summed E-state index contributed by atoms with van der Waals surface area (Å²) in [5.41, 5.74) is 3.87. The van der Waals surface area contributed by atoms with Crippen LogP contribution < -0.4 is 10.6 Å². The van der Waals surface area contributed by atoms with E-state index in [4.69, 9.17) is 0 Å². The number of rotatable bonds is 4. The zero-order valence-corrected chi connectivity index (χ0v) is 17.6. The number of sulfonamides is 1. The molecular formula is C19H22N4O4S2. The Hall–Kier alpha value is -2.30. The van der Waals surface area contributed by atoms with Crippen molar-refractivity contribution in [2.24, 2.45) is 0 Å². The molecule has 8 nitrogen and oxygen atoms in total. The average molecular weight is 435 g/mol. The van der Waals surface area contributed by atoms with Crippen molar-refractivity contribution >= 4 is 38.9 Å². The number of carbonyl (C=O) groups is 2. The number of thiazole rings is 1. The van der Waals surface area contributed by atoms with Gasteiger partial charge < -0.3 is 10.6 Å². The van der Waals surface area contributed by atoms with Gasteiger partial charge in [-0.1, -0.05) is 0 Å². The molecule has 1 fully saturated rings. The molecular weight excluding hydrogens is 412 g/mol. The number of benzene rings is 1. The van der Waals surface area contributed by atoms with Crippen molar-refractivity contribution in [3.05, 3.63) is 39.8 Å². The van der Waals surface area contributed by atoms with Crippen molar-refractivity contribution in [3.8, 4) is 0 Å². The Morgan fingerprint density at radius 2 is 2.03 bits per heavy atom. The number of fused-ring (bicyclic) bond motifs is 1. The molecule has 154 valence electrons. The van der Waals surface area contributed by atoms with Gasteiger partial charge >= 0.3 is 0 Å². The van der Waals surface area contributed by atoms with Crippen molar-refractivity contribution in [3.63, 3.8) is 0 Å². The number of hydrogen-bond acceptors (Lipinski definition) is 6. The van der Waals surface area contributed by atoms with Gasteiger partial charge in [0.25, 0.3) is 5.91 Å². The molecule has 2 aliphatic heterocycles. The van der Waals surface area contributed by atoms with E-state index in [0.29, 0.717) is 55.0 Å². The van der Waals surface area contributed by atoms with Crippen LogP contribution in [0.15, 0.2) is 28.6 Å². The molecule has 2 aromatic rings. The first-order valence-electron chi connectivity index (χ1n) is 9.48. The lowest BCUT2D eigenvalue weighted by molar-refractivity contribution is -0.116. The Labute approximate surface area is 173 Å². The Bertz CT molecular complexity index is 1060. The number of carbonyl (C=O) groups excluding carboxylic acids is 2. The van der Waals surface area contributed by atoms with E-state index < -0.39 is 10.0 Å². The van der Waals surface area contributed by atoms with Crippen LogP contribution in [-0.4, -0.2) is 48.7 Å². The minimum absolute atomic E-state index is 0.0502. The zero-order chi connectivity index (χ0) is 20.6. The van der Waals surface area contributed by atoms with Crippen molar-refractivity contribution in [1.82, 2.24) is 14.6 Å². The molecule has 4 rings (SSSR count). The highest BCUT2D eigenvalue weighted by molar-refractivity contribution is 7.89. The van der Waals surface area contributed by atoms with Crippen LogP contribution in [0, 0.1) is 6.92 Å². The molecule has 2 N–H and O–H groups in total. The van der Waals surface area contributed by atoms with Gasteiger partial charge in [0.2, 0.25) is 15.9 Å². The maximum Gasteiger partial charge on any atom is 0.263 e. The second-order valence-corrected chi connectivity index (χ2v) is 10.1. The molecule has 1 saturated heterocycles. The zero-order valence-electron chi connectivity index (χ0n) is 16.0. The summed E-state index contributed by atoms with van der Waals surface area (Å²) in [6, 6.07) is 4.79.